The molecule has 0 spiro atoms. The fourth-order valence-electron chi connectivity index (χ4n) is 3.41. The molecule has 2 bridgehead atoms. The summed E-state index contributed by atoms with van der Waals surface area (Å²) in [4.78, 5) is 2.74. The van der Waals surface area contributed by atoms with E-state index < -0.39 is 0 Å². The molecular formula is C14H25N. The molecule has 1 fully saturated rings. The summed E-state index contributed by atoms with van der Waals surface area (Å²) in [6, 6.07) is 2.25. The minimum atomic E-state index is 0.707. The van der Waals surface area contributed by atoms with E-state index in [2.05, 4.69) is 44.7 Å². The van der Waals surface area contributed by atoms with Crippen LogP contribution in [-0.4, -0.2) is 23.0 Å². The zero-order valence-corrected chi connectivity index (χ0v) is 10.6. The van der Waals surface area contributed by atoms with Crippen molar-refractivity contribution in [2.75, 3.05) is 0 Å². The average Bonchev–Trinajstić information content (AvgIpc) is 2.15. The summed E-state index contributed by atoms with van der Waals surface area (Å²) in [6.45, 7) is 9.45. The topological polar surface area (TPSA) is 3.24 Å². The lowest BCUT2D eigenvalue weighted by Crippen LogP contribution is -2.53. The Balaban J connectivity index is 2.13. The maximum absolute atomic E-state index is 2.74. The van der Waals surface area contributed by atoms with Crippen LogP contribution in [0.15, 0.2) is 12.2 Å². The maximum atomic E-state index is 2.74. The molecule has 1 heteroatoms. The molecule has 0 N–H and O–H groups in total. The Morgan fingerprint density at radius 1 is 1.13 bits per heavy atom. The molecule has 86 valence electrons. The molecule has 0 radical (unpaired) electrons. The summed E-state index contributed by atoms with van der Waals surface area (Å²) < 4.78 is 0. The SMILES string of the molecule is CC(C)C1CC2C=CCC(C1)N2C(C)C. The summed E-state index contributed by atoms with van der Waals surface area (Å²) in [5, 5.41) is 0. The van der Waals surface area contributed by atoms with Gasteiger partial charge < -0.3 is 0 Å². The van der Waals surface area contributed by atoms with Gasteiger partial charge in [-0.3, -0.25) is 4.90 Å². The van der Waals surface area contributed by atoms with Crippen LogP contribution in [-0.2, 0) is 0 Å². The van der Waals surface area contributed by atoms with Gasteiger partial charge >= 0.3 is 0 Å². The van der Waals surface area contributed by atoms with Crippen molar-refractivity contribution in [3.8, 4) is 0 Å². The second-order valence-corrected chi connectivity index (χ2v) is 5.90. The predicted octanol–water partition coefficient (Wildman–Crippen LogP) is 3.46. The van der Waals surface area contributed by atoms with Crippen LogP contribution in [0.1, 0.15) is 47.0 Å². The highest BCUT2D eigenvalue weighted by Crippen LogP contribution is 2.38. The van der Waals surface area contributed by atoms with E-state index in [1.807, 2.05) is 0 Å². The van der Waals surface area contributed by atoms with E-state index in [1.165, 1.54) is 19.3 Å². The zero-order chi connectivity index (χ0) is 11.0. The molecule has 0 aromatic carbocycles. The van der Waals surface area contributed by atoms with Crippen molar-refractivity contribution in [1.29, 1.82) is 0 Å². The number of hydrogen-bond acceptors (Lipinski definition) is 1. The van der Waals surface area contributed by atoms with Crippen LogP contribution >= 0.6 is 0 Å². The first-order valence-electron chi connectivity index (χ1n) is 6.53. The van der Waals surface area contributed by atoms with Gasteiger partial charge in [0, 0.05) is 18.1 Å². The molecule has 0 aliphatic carbocycles. The van der Waals surface area contributed by atoms with Crippen LogP contribution in [0.4, 0.5) is 0 Å². The van der Waals surface area contributed by atoms with Gasteiger partial charge in [-0.15, -0.1) is 0 Å². The monoisotopic (exact) mass is 207 g/mol. The molecule has 2 aliphatic heterocycles. The van der Waals surface area contributed by atoms with Crippen molar-refractivity contribution in [3.05, 3.63) is 12.2 Å². The summed E-state index contributed by atoms with van der Waals surface area (Å²) in [5.41, 5.74) is 0. The lowest BCUT2D eigenvalue weighted by molar-refractivity contribution is 0.0276. The van der Waals surface area contributed by atoms with Crippen molar-refractivity contribution >= 4 is 0 Å². The Labute approximate surface area is 94.5 Å². The quantitative estimate of drug-likeness (QED) is 0.627. The smallest absolute Gasteiger partial charge is 0.0286 e. The lowest BCUT2D eigenvalue weighted by Gasteiger charge is -2.49. The number of fused-ring (bicyclic) bond motifs is 2. The maximum Gasteiger partial charge on any atom is 0.0286 e. The standard InChI is InChI=1S/C14H25N/c1-10(2)12-8-13-6-5-7-14(9-12)15(13)11(3)4/h5-6,10-14H,7-9H2,1-4H3. The molecule has 3 unspecified atom stereocenters. The molecule has 2 aliphatic rings. The summed E-state index contributed by atoms with van der Waals surface area (Å²) in [6.07, 6.45) is 8.92. The highest BCUT2D eigenvalue weighted by atomic mass is 15.2. The normalized spacial score (nSPS) is 36.5. The van der Waals surface area contributed by atoms with Crippen molar-refractivity contribution in [1.82, 2.24) is 4.90 Å². The summed E-state index contributed by atoms with van der Waals surface area (Å²) in [7, 11) is 0. The second kappa shape index (κ2) is 4.29. The largest absolute Gasteiger partial charge is 0.291 e. The Morgan fingerprint density at radius 3 is 2.40 bits per heavy atom. The van der Waals surface area contributed by atoms with Crippen molar-refractivity contribution in [2.24, 2.45) is 11.8 Å². The van der Waals surface area contributed by atoms with Gasteiger partial charge in [-0.25, -0.2) is 0 Å². The molecule has 2 rings (SSSR count). The number of nitrogens with zero attached hydrogens (tertiary/aromatic N) is 1. The molecule has 15 heavy (non-hydrogen) atoms. The molecule has 2 heterocycles. The Morgan fingerprint density at radius 2 is 1.87 bits per heavy atom. The van der Waals surface area contributed by atoms with Crippen LogP contribution in [0, 0.1) is 11.8 Å². The van der Waals surface area contributed by atoms with Gasteiger partial charge in [-0.2, -0.15) is 0 Å². The summed E-state index contributed by atoms with van der Waals surface area (Å²) >= 11 is 0. The molecule has 1 nitrogen and oxygen atoms in total. The van der Waals surface area contributed by atoms with E-state index in [1.54, 1.807) is 0 Å². The molecular weight excluding hydrogens is 182 g/mol. The minimum Gasteiger partial charge on any atom is -0.291 e. The van der Waals surface area contributed by atoms with Gasteiger partial charge in [0.2, 0.25) is 0 Å². The molecule has 0 saturated carbocycles. The third-order valence-electron chi connectivity index (χ3n) is 4.23. The van der Waals surface area contributed by atoms with Gasteiger partial charge in [-0.1, -0.05) is 26.0 Å². The second-order valence-electron chi connectivity index (χ2n) is 5.90. The molecule has 0 amide bonds. The van der Waals surface area contributed by atoms with Gasteiger partial charge in [0.05, 0.1) is 0 Å². The first-order valence-corrected chi connectivity index (χ1v) is 6.53. The highest BCUT2D eigenvalue weighted by Gasteiger charge is 2.37. The Bertz CT molecular complexity index is 242. The van der Waals surface area contributed by atoms with Gasteiger partial charge in [0.1, 0.15) is 0 Å². The Kier molecular flexibility index (Phi) is 3.20. The summed E-state index contributed by atoms with van der Waals surface area (Å²) in [5.74, 6) is 1.80. The van der Waals surface area contributed by atoms with E-state index >= 15 is 0 Å². The van der Waals surface area contributed by atoms with Crippen LogP contribution in [0.2, 0.25) is 0 Å². The first kappa shape index (κ1) is 11.2. The van der Waals surface area contributed by atoms with E-state index in [0.717, 1.165) is 23.9 Å². The van der Waals surface area contributed by atoms with Gasteiger partial charge in [-0.05, 0) is 44.9 Å². The van der Waals surface area contributed by atoms with Crippen LogP contribution in [0.3, 0.4) is 0 Å². The van der Waals surface area contributed by atoms with Gasteiger partial charge in [0.25, 0.3) is 0 Å². The third kappa shape index (κ3) is 2.13. The predicted molar refractivity (Wildman–Crippen MR) is 65.9 cm³/mol. The fourth-order valence-corrected chi connectivity index (χ4v) is 3.41. The van der Waals surface area contributed by atoms with Crippen molar-refractivity contribution in [3.63, 3.8) is 0 Å². The average molecular weight is 207 g/mol. The zero-order valence-electron chi connectivity index (χ0n) is 10.6. The number of hydrogen-bond donors (Lipinski definition) is 0. The highest BCUT2D eigenvalue weighted by molar-refractivity contribution is 5.08. The number of piperidine rings is 1. The molecule has 1 saturated heterocycles. The molecule has 0 aromatic rings. The van der Waals surface area contributed by atoms with Crippen molar-refractivity contribution < 1.29 is 0 Å². The lowest BCUT2D eigenvalue weighted by atomic mass is 9.76. The third-order valence-corrected chi connectivity index (χ3v) is 4.23. The van der Waals surface area contributed by atoms with E-state index in [-0.39, 0.29) is 0 Å². The van der Waals surface area contributed by atoms with E-state index in [0.29, 0.717) is 6.04 Å². The van der Waals surface area contributed by atoms with Crippen molar-refractivity contribution in [2.45, 2.75) is 65.1 Å². The Hall–Kier alpha value is -0.300. The van der Waals surface area contributed by atoms with Crippen LogP contribution in [0.5, 0.6) is 0 Å². The van der Waals surface area contributed by atoms with Crippen LogP contribution in [0.25, 0.3) is 0 Å². The first-order chi connectivity index (χ1) is 7.09. The van der Waals surface area contributed by atoms with E-state index in [9.17, 15) is 0 Å². The van der Waals surface area contributed by atoms with E-state index in [4.69, 9.17) is 0 Å². The number of rotatable bonds is 2. The van der Waals surface area contributed by atoms with Crippen LogP contribution < -0.4 is 0 Å². The molecule has 0 aromatic heterocycles. The van der Waals surface area contributed by atoms with Gasteiger partial charge in [0.15, 0.2) is 0 Å². The fraction of sp³-hybridized carbons (Fsp3) is 0.857. The molecule has 3 atom stereocenters. The minimum absolute atomic E-state index is 0.707.